The van der Waals surface area contributed by atoms with Gasteiger partial charge in [-0.25, -0.2) is 9.37 Å². The van der Waals surface area contributed by atoms with E-state index in [2.05, 4.69) is 33.2 Å². The Balaban J connectivity index is 1.87. The molecule has 0 radical (unpaired) electrons. The maximum Gasteiger partial charge on any atom is 0.229 e. The lowest BCUT2D eigenvalue weighted by Crippen LogP contribution is -2.27. The predicted octanol–water partition coefficient (Wildman–Crippen LogP) is 3.22. The predicted molar refractivity (Wildman–Crippen MR) is 85.2 cm³/mol. The van der Waals surface area contributed by atoms with Gasteiger partial charge in [0.15, 0.2) is 11.6 Å². The molecule has 0 atom stereocenters. The summed E-state index contributed by atoms with van der Waals surface area (Å²) in [5.41, 5.74) is 1.56. The summed E-state index contributed by atoms with van der Waals surface area (Å²) in [5.74, 6) is 1.11. The number of nitrogens with zero attached hydrogens (tertiary/aromatic N) is 3. The topological polar surface area (TPSA) is 50.3 Å². The summed E-state index contributed by atoms with van der Waals surface area (Å²) in [7, 11) is 1.44. The van der Waals surface area contributed by atoms with Crippen molar-refractivity contribution >= 4 is 23.5 Å². The lowest BCUT2D eigenvalue weighted by Gasteiger charge is -2.25. The highest BCUT2D eigenvalue weighted by molar-refractivity contribution is 5.69. The second-order valence-electron chi connectivity index (χ2n) is 4.89. The van der Waals surface area contributed by atoms with E-state index < -0.39 is 5.82 Å². The molecular formula is C16H17FN4O. The molecule has 3 rings (SSSR count). The van der Waals surface area contributed by atoms with E-state index in [-0.39, 0.29) is 5.75 Å². The number of rotatable bonds is 4. The van der Waals surface area contributed by atoms with Crippen molar-refractivity contribution < 1.29 is 9.13 Å². The first-order valence-electron chi connectivity index (χ1n) is 7.10. The molecule has 0 spiro atoms. The Labute approximate surface area is 128 Å². The SMILES string of the molecule is CCN1CC=Cc2cnc(Nc3ccc(OC)c(F)c3)nc21. The van der Waals surface area contributed by atoms with Crippen LogP contribution in [0.2, 0.25) is 0 Å². The third kappa shape index (κ3) is 2.72. The number of halogens is 1. The van der Waals surface area contributed by atoms with E-state index in [1.165, 1.54) is 13.2 Å². The van der Waals surface area contributed by atoms with Crippen molar-refractivity contribution in [2.24, 2.45) is 0 Å². The molecule has 2 heterocycles. The Bertz CT molecular complexity index is 717. The van der Waals surface area contributed by atoms with Crippen LogP contribution in [-0.4, -0.2) is 30.2 Å². The number of ether oxygens (including phenoxy) is 1. The second kappa shape index (κ2) is 6.01. The van der Waals surface area contributed by atoms with Crippen LogP contribution in [0.1, 0.15) is 12.5 Å². The maximum atomic E-state index is 13.7. The normalized spacial score (nSPS) is 13.0. The number of likely N-dealkylation sites (N-methyl/N-ethyl adjacent to an activating group) is 1. The van der Waals surface area contributed by atoms with E-state index in [0.29, 0.717) is 11.6 Å². The van der Waals surface area contributed by atoms with Gasteiger partial charge in [-0.05, 0) is 19.1 Å². The smallest absolute Gasteiger partial charge is 0.229 e. The van der Waals surface area contributed by atoms with Gasteiger partial charge in [-0.1, -0.05) is 12.2 Å². The molecule has 1 N–H and O–H groups in total. The minimum absolute atomic E-state index is 0.208. The van der Waals surface area contributed by atoms with E-state index in [1.54, 1.807) is 18.3 Å². The van der Waals surface area contributed by atoms with E-state index in [0.717, 1.165) is 24.5 Å². The first-order valence-corrected chi connectivity index (χ1v) is 7.10. The van der Waals surface area contributed by atoms with Crippen LogP contribution in [0.3, 0.4) is 0 Å². The summed E-state index contributed by atoms with van der Waals surface area (Å²) in [4.78, 5) is 11.0. The number of nitrogens with one attached hydrogen (secondary N) is 1. The lowest BCUT2D eigenvalue weighted by atomic mass is 10.2. The first-order chi connectivity index (χ1) is 10.7. The fourth-order valence-electron chi connectivity index (χ4n) is 2.36. The van der Waals surface area contributed by atoms with Crippen molar-refractivity contribution in [3.05, 3.63) is 41.9 Å². The van der Waals surface area contributed by atoms with Gasteiger partial charge in [0.1, 0.15) is 5.82 Å². The van der Waals surface area contributed by atoms with Crippen molar-refractivity contribution in [2.45, 2.75) is 6.92 Å². The Morgan fingerprint density at radius 1 is 1.41 bits per heavy atom. The highest BCUT2D eigenvalue weighted by Gasteiger charge is 2.15. The maximum absolute atomic E-state index is 13.7. The minimum Gasteiger partial charge on any atom is -0.494 e. The van der Waals surface area contributed by atoms with Gasteiger partial charge in [0, 0.05) is 36.6 Å². The average molecular weight is 300 g/mol. The molecule has 0 saturated carbocycles. The third-order valence-corrected chi connectivity index (χ3v) is 3.51. The Morgan fingerprint density at radius 3 is 3.00 bits per heavy atom. The van der Waals surface area contributed by atoms with Gasteiger partial charge in [-0.3, -0.25) is 0 Å². The third-order valence-electron chi connectivity index (χ3n) is 3.51. The highest BCUT2D eigenvalue weighted by atomic mass is 19.1. The Hall–Kier alpha value is -2.63. The van der Waals surface area contributed by atoms with Crippen molar-refractivity contribution in [3.63, 3.8) is 0 Å². The van der Waals surface area contributed by atoms with E-state index in [9.17, 15) is 4.39 Å². The highest BCUT2D eigenvalue weighted by Crippen LogP contribution is 2.26. The van der Waals surface area contributed by atoms with E-state index in [1.807, 2.05) is 6.08 Å². The fourth-order valence-corrected chi connectivity index (χ4v) is 2.36. The summed E-state index contributed by atoms with van der Waals surface area (Å²) < 4.78 is 18.6. The zero-order valence-corrected chi connectivity index (χ0v) is 12.5. The summed E-state index contributed by atoms with van der Waals surface area (Å²) in [6.45, 7) is 3.78. The summed E-state index contributed by atoms with van der Waals surface area (Å²) >= 11 is 0. The molecule has 5 nitrogen and oxygen atoms in total. The molecule has 1 aromatic heterocycles. The molecule has 0 saturated heterocycles. The molecular weight excluding hydrogens is 283 g/mol. The van der Waals surface area contributed by atoms with Gasteiger partial charge < -0.3 is 15.0 Å². The van der Waals surface area contributed by atoms with Crippen LogP contribution in [0, 0.1) is 5.82 Å². The first kappa shape index (κ1) is 14.3. The lowest BCUT2D eigenvalue weighted by molar-refractivity contribution is 0.386. The van der Waals surface area contributed by atoms with Gasteiger partial charge in [0.2, 0.25) is 5.95 Å². The summed E-state index contributed by atoms with van der Waals surface area (Å²) in [6.07, 6.45) is 5.86. The fraction of sp³-hybridized carbons (Fsp3) is 0.250. The van der Waals surface area contributed by atoms with Crippen LogP contribution in [0.25, 0.3) is 6.08 Å². The summed E-state index contributed by atoms with van der Waals surface area (Å²) in [5, 5.41) is 3.02. The largest absolute Gasteiger partial charge is 0.494 e. The van der Waals surface area contributed by atoms with Crippen LogP contribution in [0.15, 0.2) is 30.5 Å². The van der Waals surface area contributed by atoms with Crippen molar-refractivity contribution in [3.8, 4) is 5.75 Å². The molecule has 0 aliphatic carbocycles. The molecule has 2 aromatic rings. The number of methoxy groups -OCH3 is 1. The Kier molecular flexibility index (Phi) is 3.91. The molecule has 0 fully saturated rings. The minimum atomic E-state index is -0.427. The average Bonchev–Trinajstić information content (AvgIpc) is 2.54. The monoisotopic (exact) mass is 300 g/mol. The molecule has 22 heavy (non-hydrogen) atoms. The number of hydrogen-bond donors (Lipinski definition) is 1. The molecule has 1 aliphatic heterocycles. The van der Waals surface area contributed by atoms with Gasteiger partial charge in [-0.2, -0.15) is 4.98 Å². The van der Waals surface area contributed by atoms with Crippen molar-refractivity contribution in [2.75, 3.05) is 30.4 Å². The van der Waals surface area contributed by atoms with Crippen LogP contribution >= 0.6 is 0 Å². The van der Waals surface area contributed by atoms with Crippen molar-refractivity contribution in [1.82, 2.24) is 9.97 Å². The number of hydrogen-bond acceptors (Lipinski definition) is 5. The molecule has 1 aliphatic rings. The van der Waals surface area contributed by atoms with Crippen LogP contribution in [0.5, 0.6) is 5.75 Å². The number of fused-ring (bicyclic) bond motifs is 1. The zero-order valence-electron chi connectivity index (χ0n) is 12.5. The molecule has 0 amide bonds. The molecule has 0 bridgehead atoms. The standard InChI is InChI=1S/C16H17FN4O/c1-3-21-8-4-5-11-10-18-16(20-15(11)21)19-12-6-7-14(22-2)13(17)9-12/h4-7,9-10H,3,8H2,1-2H3,(H,18,19,20). The van der Waals surface area contributed by atoms with Crippen molar-refractivity contribution in [1.29, 1.82) is 0 Å². The van der Waals surface area contributed by atoms with Gasteiger partial charge in [0.25, 0.3) is 0 Å². The molecule has 1 aromatic carbocycles. The number of aromatic nitrogens is 2. The van der Waals surface area contributed by atoms with E-state index in [4.69, 9.17) is 4.74 Å². The van der Waals surface area contributed by atoms with Gasteiger partial charge >= 0.3 is 0 Å². The number of benzene rings is 1. The van der Waals surface area contributed by atoms with Crippen LogP contribution in [0.4, 0.5) is 21.8 Å². The quantitative estimate of drug-likeness (QED) is 0.939. The summed E-state index contributed by atoms with van der Waals surface area (Å²) in [6, 6.07) is 4.65. The van der Waals surface area contributed by atoms with Crippen LogP contribution in [-0.2, 0) is 0 Å². The van der Waals surface area contributed by atoms with Gasteiger partial charge in [-0.15, -0.1) is 0 Å². The molecule has 0 unspecified atom stereocenters. The Morgan fingerprint density at radius 2 is 2.27 bits per heavy atom. The van der Waals surface area contributed by atoms with Gasteiger partial charge in [0.05, 0.1) is 7.11 Å². The van der Waals surface area contributed by atoms with E-state index >= 15 is 0 Å². The zero-order chi connectivity index (χ0) is 15.5. The van der Waals surface area contributed by atoms with Crippen LogP contribution < -0.4 is 15.0 Å². The second-order valence-corrected chi connectivity index (χ2v) is 4.89. The molecule has 114 valence electrons. The number of anilines is 3. The molecule has 6 heteroatoms.